The molecule has 0 saturated carbocycles. The largest absolute Gasteiger partial charge is 0.328 e. The number of hydrogen-bond acceptors (Lipinski definition) is 4. The van der Waals surface area contributed by atoms with E-state index in [1.165, 1.54) is 15.2 Å². The highest BCUT2D eigenvalue weighted by Gasteiger charge is 2.23. The summed E-state index contributed by atoms with van der Waals surface area (Å²) in [5.74, 6) is -0.474. The summed E-state index contributed by atoms with van der Waals surface area (Å²) in [6, 6.07) is 9.90. The van der Waals surface area contributed by atoms with Crippen LogP contribution in [-0.2, 0) is 23.9 Å². The molecule has 1 heterocycles. The van der Waals surface area contributed by atoms with Gasteiger partial charge in [0.15, 0.2) is 9.84 Å². The number of aromatic nitrogens is 2. The van der Waals surface area contributed by atoms with Crippen molar-refractivity contribution in [2.45, 2.75) is 24.7 Å². The molecular weight excluding hydrogens is 458 g/mol. The number of unbranched alkanes of at least 4 members (excludes halogenated alkanes) is 1. The van der Waals surface area contributed by atoms with Crippen LogP contribution in [-0.4, -0.2) is 29.2 Å². The number of rotatable bonds is 6. The molecule has 0 radical (unpaired) electrons. The minimum absolute atomic E-state index is 0.0139. The van der Waals surface area contributed by atoms with E-state index in [0.717, 1.165) is 6.42 Å². The van der Waals surface area contributed by atoms with E-state index in [-0.39, 0.29) is 22.0 Å². The summed E-state index contributed by atoms with van der Waals surface area (Å²) in [6.07, 6.45) is 1.23. The van der Waals surface area contributed by atoms with E-state index in [0.29, 0.717) is 27.5 Å². The second kappa shape index (κ2) is 8.16. The molecular formula is C20H22BrN3O4S. The number of amides is 1. The molecule has 0 aliphatic carbocycles. The zero-order chi connectivity index (χ0) is 21.3. The van der Waals surface area contributed by atoms with Gasteiger partial charge < -0.3 is 5.32 Å². The third-order valence-electron chi connectivity index (χ3n) is 4.84. The van der Waals surface area contributed by atoms with Crippen molar-refractivity contribution >= 4 is 48.4 Å². The molecule has 0 fully saturated rings. The van der Waals surface area contributed by atoms with E-state index >= 15 is 0 Å². The van der Waals surface area contributed by atoms with Gasteiger partial charge in [0.25, 0.3) is 5.91 Å². The molecule has 154 valence electrons. The van der Waals surface area contributed by atoms with Gasteiger partial charge in [0.2, 0.25) is 0 Å². The van der Waals surface area contributed by atoms with Gasteiger partial charge in [-0.25, -0.2) is 13.2 Å². The van der Waals surface area contributed by atoms with Crippen LogP contribution in [0.4, 0.5) is 5.69 Å². The summed E-state index contributed by atoms with van der Waals surface area (Å²) in [5, 5.41) is 2.73. The van der Waals surface area contributed by atoms with Crippen molar-refractivity contribution in [2.75, 3.05) is 11.1 Å². The molecule has 1 N–H and O–H groups in total. The highest BCUT2D eigenvalue weighted by atomic mass is 79.9. The number of nitrogens with zero attached hydrogens (tertiary/aromatic N) is 2. The zero-order valence-electron chi connectivity index (χ0n) is 16.4. The van der Waals surface area contributed by atoms with Crippen LogP contribution < -0.4 is 11.0 Å². The molecule has 9 heteroatoms. The predicted molar refractivity (Wildman–Crippen MR) is 117 cm³/mol. The molecule has 0 saturated heterocycles. The van der Waals surface area contributed by atoms with Crippen molar-refractivity contribution in [1.29, 1.82) is 0 Å². The molecule has 1 aromatic heterocycles. The van der Waals surface area contributed by atoms with Crippen molar-refractivity contribution in [3.63, 3.8) is 0 Å². The van der Waals surface area contributed by atoms with Crippen LogP contribution >= 0.6 is 15.9 Å². The Morgan fingerprint density at radius 1 is 1.10 bits per heavy atom. The Balaban J connectivity index is 2.19. The molecule has 0 aliphatic rings. The first-order valence-electron chi connectivity index (χ1n) is 9.15. The number of imidazole rings is 1. The lowest BCUT2D eigenvalue weighted by molar-refractivity contribution is 0.102. The highest BCUT2D eigenvalue weighted by Crippen LogP contribution is 2.29. The average molecular weight is 480 g/mol. The van der Waals surface area contributed by atoms with Gasteiger partial charge in [-0.3, -0.25) is 13.9 Å². The van der Waals surface area contributed by atoms with E-state index in [4.69, 9.17) is 0 Å². The number of carbonyl (C=O) groups excluding carboxylic acids is 1. The lowest BCUT2D eigenvalue weighted by Crippen LogP contribution is -2.19. The maximum atomic E-state index is 13.0. The monoisotopic (exact) mass is 479 g/mol. The normalized spacial score (nSPS) is 11.7. The molecule has 29 heavy (non-hydrogen) atoms. The molecule has 0 aliphatic heterocycles. The smallest absolute Gasteiger partial charge is 0.321 e. The molecule has 0 atom stereocenters. The number of halogens is 1. The zero-order valence-corrected chi connectivity index (χ0v) is 18.8. The number of sulfone groups is 1. The molecule has 0 bridgehead atoms. The fraction of sp³-hybridized carbons (Fsp3) is 0.300. The Hall–Kier alpha value is -2.39. The van der Waals surface area contributed by atoms with Crippen molar-refractivity contribution in [1.82, 2.24) is 9.13 Å². The van der Waals surface area contributed by atoms with E-state index in [9.17, 15) is 18.0 Å². The van der Waals surface area contributed by atoms with Gasteiger partial charge >= 0.3 is 5.69 Å². The number of fused-ring (bicyclic) bond motifs is 1. The van der Waals surface area contributed by atoms with Gasteiger partial charge in [-0.05, 0) is 46.6 Å². The Morgan fingerprint density at radius 2 is 1.72 bits per heavy atom. The maximum absolute atomic E-state index is 13.0. The van der Waals surface area contributed by atoms with Crippen molar-refractivity contribution in [3.05, 3.63) is 56.9 Å². The third kappa shape index (κ3) is 4.02. The van der Waals surface area contributed by atoms with E-state index in [2.05, 4.69) is 21.2 Å². The van der Waals surface area contributed by atoms with Gasteiger partial charge in [-0.15, -0.1) is 0 Å². The number of carbonyl (C=O) groups is 1. The number of aryl methyl sites for hydroxylation is 2. The minimum atomic E-state index is -3.65. The van der Waals surface area contributed by atoms with Crippen molar-refractivity contribution in [2.24, 2.45) is 14.1 Å². The van der Waals surface area contributed by atoms with Gasteiger partial charge in [-0.1, -0.05) is 25.5 Å². The van der Waals surface area contributed by atoms with Crippen molar-refractivity contribution in [3.8, 4) is 0 Å². The molecule has 1 amide bonds. The topological polar surface area (TPSA) is 90.2 Å². The fourth-order valence-electron chi connectivity index (χ4n) is 3.16. The van der Waals surface area contributed by atoms with Crippen LogP contribution in [0.3, 0.4) is 0 Å². The number of benzene rings is 2. The number of anilines is 1. The summed E-state index contributed by atoms with van der Waals surface area (Å²) < 4.78 is 29.4. The van der Waals surface area contributed by atoms with Crippen LogP contribution in [0.1, 0.15) is 30.1 Å². The van der Waals surface area contributed by atoms with E-state index in [1.54, 1.807) is 44.4 Å². The molecule has 0 unspecified atom stereocenters. The van der Waals surface area contributed by atoms with Crippen LogP contribution in [0.15, 0.2) is 50.6 Å². The first-order chi connectivity index (χ1) is 13.7. The minimum Gasteiger partial charge on any atom is -0.321 e. The highest BCUT2D eigenvalue weighted by molar-refractivity contribution is 9.10. The molecule has 0 spiro atoms. The second-order valence-electron chi connectivity index (χ2n) is 6.84. The summed E-state index contributed by atoms with van der Waals surface area (Å²) in [6.45, 7) is 1.91. The van der Waals surface area contributed by atoms with Crippen LogP contribution in [0, 0.1) is 0 Å². The Bertz CT molecular complexity index is 1260. The first-order valence-corrected chi connectivity index (χ1v) is 11.6. The standard InChI is InChI=1S/C20H22BrN3O4S/c1-4-5-10-29(27,28)18-12-17-16(23(2)20(26)24(17)3)11-15(18)22-19(25)13-8-6-7-9-14(13)21/h6-9,11-12H,4-5,10H2,1-3H3,(H,22,25). The molecule has 3 aromatic rings. The van der Waals surface area contributed by atoms with Gasteiger partial charge in [0.05, 0.1) is 32.9 Å². The van der Waals surface area contributed by atoms with Gasteiger partial charge in [-0.2, -0.15) is 0 Å². The summed E-state index contributed by atoms with van der Waals surface area (Å²) in [7, 11) is -0.458. The Kier molecular flexibility index (Phi) is 6.00. The van der Waals surface area contributed by atoms with Gasteiger partial charge in [0.1, 0.15) is 0 Å². The average Bonchev–Trinajstić information content (AvgIpc) is 2.90. The lowest BCUT2D eigenvalue weighted by Gasteiger charge is -2.13. The number of nitrogens with one attached hydrogen (secondary N) is 1. The summed E-state index contributed by atoms with van der Waals surface area (Å²) >= 11 is 3.34. The quantitative estimate of drug-likeness (QED) is 0.585. The molecule has 7 nitrogen and oxygen atoms in total. The SMILES string of the molecule is CCCCS(=O)(=O)c1cc2c(cc1NC(=O)c1ccccc1Br)n(C)c(=O)n2C. The summed E-state index contributed by atoms with van der Waals surface area (Å²) in [5.41, 5.74) is 1.30. The second-order valence-corrected chi connectivity index (χ2v) is 9.78. The fourth-order valence-corrected chi connectivity index (χ4v) is 5.25. The predicted octanol–water partition coefficient (Wildman–Crippen LogP) is 3.47. The molecule has 2 aromatic carbocycles. The van der Waals surface area contributed by atoms with Crippen molar-refractivity contribution < 1.29 is 13.2 Å². The Labute approximate surface area is 177 Å². The third-order valence-corrected chi connectivity index (χ3v) is 7.37. The maximum Gasteiger partial charge on any atom is 0.328 e. The first kappa shape index (κ1) is 21.3. The van der Waals surface area contributed by atoms with E-state index < -0.39 is 15.7 Å². The van der Waals surface area contributed by atoms with Crippen LogP contribution in [0.5, 0.6) is 0 Å². The Morgan fingerprint density at radius 3 is 2.34 bits per heavy atom. The van der Waals surface area contributed by atoms with E-state index in [1.807, 2.05) is 6.92 Å². The van der Waals surface area contributed by atoms with Crippen LogP contribution in [0.25, 0.3) is 11.0 Å². The molecule has 3 rings (SSSR count). The lowest BCUT2D eigenvalue weighted by atomic mass is 10.2. The van der Waals surface area contributed by atoms with Gasteiger partial charge in [0, 0.05) is 18.6 Å². The summed E-state index contributed by atoms with van der Waals surface area (Å²) in [4.78, 5) is 25.1. The number of hydrogen-bond donors (Lipinski definition) is 1. The van der Waals surface area contributed by atoms with Crippen LogP contribution in [0.2, 0.25) is 0 Å².